The maximum atomic E-state index is 9.77. The van der Waals surface area contributed by atoms with Gasteiger partial charge < -0.3 is 9.84 Å². The number of ether oxygens (including phenoxy) is 1. The van der Waals surface area contributed by atoms with Gasteiger partial charge in [0.05, 0.1) is 19.8 Å². The number of hydrogen-bond donors (Lipinski definition) is 1. The third-order valence-corrected chi connectivity index (χ3v) is 3.98. The quantitative estimate of drug-likeness (QED) is 0.926. The lowest BCUT2D eigenvalue weighted by Gasteiger charge is -2.26. The molecule has 1 N–H and O–H groups in total. The molecular formula is C17H19NO2. The van der Waals surface area contributed by atoms with Gasteiger partial charge >= 0.3 is 0 Å². The average Bonchev–Trinajstić information content (AvgIpc) is 2.92. The second-order valence-electron chi connectivity index (χ2n) is 5.15. The fraction of sp³-hybridized carbons (Fsp3) is 0.294. The number of benzene rings is 2. The summed E-state index contributed by atoms with van der Waals surface area (Å²) < 4.78 is 5.18. The van der Waals surface area contributed by atoms with Crippen LogP contribution in [0.15, 0.2) is 48.5 Å². The van der Waals surface area contributed by atoms with E-state index in [1.54, 1.807) is 7.11 Å². The highest BCUT2D eigenvalue weighted by molar-refractivity contribution is 5.33. The van der Waals surface area contributed by atoms with Crippen LogP contribution in [-0.4, -0.2) is 23.7 Å². The summed E-state index contributed by atoms with van der Waals surface area (Å²) in [6.07, 6.45) is 0. The Kier molecular flexibility index (Phi) is 3.72. The SMILES string of the molecule is COc1ccc([C@H](CO)N2Cc3ccccc3C2)cc1. The van der Waals surface area contributed by atoms with Crippen LogP contribution >= 0.6 is 0 Å². The molecule has 1 aliphatic rings. The van der Waals surface area contributed by atoms with Crippen LogP contribution in [0.4, 0.5) is 0 Å². The van der Waals surface area contributed by atoms with E-state index < -0.39 is 0 Å². The first-order valence-electron chi connectivity index (χ1n) is 6.87. The Bertz CT molecular complexity index is 555. The molecule has 0 amide bonds. The summed E-state index contributed by atoms with van der Waals surface area (Å²) in [6, 6.07) is 16.5. The molecule has 0 unspecified atom stereocenters. The molecule has 0 fully saturated rings. The van der Waals surface area contributed by atoms with Crippen molar-refractivity contribution in [2.24, 2.45) is 0 Å². The van der Waals surface area contributed by atoms with Crippen LogP contribution in [0.3, 0.4) is 0 Å². The Balaban J connectivity index is 1.81. The molecule has 1 heterocycles. The highest BCUT2D eigenvalue weighted by Gasteiger charge is 2.26. The largest absolute Gasteiger partial charge is 0.497 e. The first-order valence-corrected chi connectivity index (χ1v) is 6.87. The molecule has 0 aliphatic carbocycles. The van der Waals surface area contributed by atoms with E-state index in [1.807, 2.05) is 24.3 Å². The molecule has 3 rings (SSSR count). The summed E-state index contributed by atoms with van der Waals surface area (Å²) in [5.74, 6) is 0.843. The molecule has 2 aromatic carbocycles. The van der Waals surface area contributed by atoms with Gasteiger partial charge in [0.25, 0.3) is 0 Å². The molecule has 3 heteroatoms. The lowest BCUT2D eigenvalue weighted by molar-refractivity contribution is 0.122. The van der Waals surface area contributed by atoms with E-state index in [-0.39, 0.29) is 12.6 Å². The number of aliphatic hydroxyl groups excluding tert-OH is 1. The Hall–Kier alpha value is -1.84. The van der Waals surface area contributed by atoms with Crippen LogP contribution in [0.1, 0.15) is 22.7 Å². The summed E-state index contributed by atoms with van der Waals surface area (Å²) >= 11 is 0. The minimum absolute atomic E-state index is 0.0355. The van der Waals surface area contributed by atoms with Crippen molar-refractivity contribution in [2.45, 2.75) is 19.1 Å². The van der Waals surface area contributed by atoms with Crippen molar-refractivity contribution < 1.29 is 9.84 Å². The summed E-state index contributed by atoms with van der Waals surface area (Å²) in [7, 11) is 1.66. The molecule has 2 aromatic rings. The summed E-state index contributed by atoms with van der Waals surface area (Å²) in [5.41, 5.74) is 3.85. The van der Waals surface area contributed by atoms with Gasteiger partial charge in [-0.05, 0) is 28.8 Å². The molecule has 0 aromatic heterocycles. The summed E-state index contributed by atoms with van der Waals surface area (Å²) in [4.78, 5) is 2.31. The molecular weight excluding hydrogens is 250 g/mol. The van der Waals surface area contributed by atoms with Crippen LogP contribution in [0.25, 0.3) is 0 Å². The molecule has 0 saturated heterocycles. The van der Waals surface area contributed by atoms with E-state index in [0.29, 0.717) is 0 Å². The van der Waals surface area contributed by atoms with Gasteiger partial charge in [0.15, 0.2) is 0 Å². The van der Waals surface area contributed by atoms with Gasteiger partial charge in [-0.15, -0.1) is 0 Å². The second-order valence-corrected chi connectivity index (χ2v) is 5.15. The number of aliphatic hydroxyl groups is 1. The molecule has 1 atom stereocenters. The Morgan fingerprint density at radius 1 is 1.05 bits per heavy atom. The van der Waals surface area contributed by atoms with Gasteiger partial charge in [-0.1, -0.05) is 36.4 Å². The highest BCUT2D eigenvalue weighted by atomic mass is 16.5. The number of rotatable bonds is 4. The average molecular weight is 269 g/mol. The first-order chi connectivity index (χ1) is 9.81. The number of nitrogens with zero attached hydrogens (tertiary/aromatic N) is 1. The minimum Gasteiger partial charge on any atom is -0.497 e. The van der Waals surface area contributed by atoms with Crippen LogP contribution < -0.4 is 4.74 Å². The molecule has 0 saturated carbocycles. The molecule has 20 heavy (non-hydrogen) atoms. The maximum absolute atomic E-state index is 9.77. The third-order valence-electron chi connectivity index (χ3n) is 3.98. The lowest BCUT2D eigenvalue weighted by Crippen LogP contribution is -2.26. The minimum atomic E-state index is 0.0355. The van der Waals surface area contributed by atoms with Crippen molar-refractivity contribution in [1.82, 2.24) is 4.90 Å². The van der Waals surface area contributed by atoms with Crippen molar-refractivity contribution in [3.05, 3.63) is 65.2 Å². The number of hydrogen-bond acceptors (Lipinski definition) is 3. The topological polar surface area (TPSA) is 32.7 Å². The predicted octanol–water partition coefficient (Wildman–Crippen LogP) is 2.74. The molecule has 0 bridgehead atoms. The zero-order chi connectivity index (χ0) is 13.9. The van der Waals surface area contributed by atoms with Gasteiger partial charge in [0, 0.05) is 13.1 Å². The summed E-state index contributed by atoms with van der Waals surface area (Å²) in [5, 5.41) is 9.77. The monoisotopic (exact) mass is 269 g/mol. The van der Waals surface area contributed by atoms with Gasteiger partial charge in [0.2, 0.25) is 0 Å². The fourth-order valence-corrected chi connectivity index (χ4v) is 2.84. The number of fused-ring (bicyclic) bond motifs is 1. The normalized spacial score (nSPS) is 15.9. The predicted molar refractivity (Wildman–Crippen MR) is 78.5 cm³/mol. The van der Waals surface area contributed by atoms with Crippen molar-refractivity contribution in [3.8, 4) is 5.75 Å². The van der Waals surface area contributed by atoms with Gasteiger partial charge in [-0.25, -0.2) is 0 Å². The van der Waals surface area contributed by atoms with E-state index >= 15 is 0 Å². The van der Waals surface area contributed by atoms with Gasteiger partial charge in [0.1, 0.15) is 5.75 Å². The fourth-order valence-electron chi connectivity index (χ4n) is 2.84. The van der Waals surface area contributed by atoms with Gasteiger partial charge in [-0.3, -0.25) is 4.90 Å². The van der Waals surface area contributed by atoms with Crippen LogP contribution in [0.5, 0.6) is 5.75 Å². The molecule has 1 aliphatic heterocycles. The van der Waals surface area contributed by atoms with Crippen LogP contribution in [0, 0.1) is 0 Å². The molecule has 104 valence electrons. The van der Waals surface area contributed by atoms with Gasteiger partial charge in [-0.2, -0.15) is 0 Å². The maximum Gasteiger partial charge on any atom is 0.118 e. The van der Waals surface area contributed by atoms with E-state index in [9.17, 15) is 5.11 Å². The smallest absolute Gasteiger partial charge is 0.118 e. The Morgan fingerprint density at radius 2 is 1.65 bits per heavy atom. The molecule has 0 spiro atoms. The lowest BCUT2D eigenvalue weighted by atomic mass is 10.1. The zero-order valence-corrected chi connectivity index (χ0v) is 11.6. The van der Waals surface area contributed by atoms with E-state index in [1.165, 1.54) is 11.1 Å². The van der Waals surface area contributed by atoms with Crippen LogP contribution in [0.2, 0.25) is 0 Å². The van der Waals surface area contributed by atoms with Crippen molar-refractivity contribution in [1.29, 1.82) is 0 Å². The Labute approximate surface area is 119 Å². The molecule has 0 radical (unpaired) electrons. The first kappa shape index (κ1) is 13.2. The highest BCUT2D eigenvalue weighted by Crippen LogP contribution is 2.31. The third kappa shape index (κ3) is 2.42. The van der Waals surface area contributed by atoms with Crippen molar-refractivity contribution >= 4 is 0 Å². The van der Waals surface area contributed by atoms with Crippen molar-refractivity contribution in [3.63, 3.8) is 0 Å². The number of methoxy groups -OCH3 is 1. The summed E-state index contributed by atoms with van der Waals surface area (Å²) in [6.45, 7) is 1.92. The Morgan fingerprint density at radius 3 is 2.15 bits per heavy atom. The standard InChI is InChI=1S/C17H19NO2/c1-20-16-8-6-13(7-9-16)17(12-19)18-10-14-4-2-3-5-15(14)11-18/h2-9,17,19H,10-12H2,1H3/t17-/m0/s1. The zero-order valence-electron chi connectivity index (χ0n) is 11.6. The van der Waals surface area contributed by atoms with E-state index in [2.05, 4.69) is 29.2 Å². The van der Waals surface area contributed by atoms with E-state index in [0.717, 1.165) is 24.4 Å². The van der Waals surface area contributed by atoms with Crippen LogP contribution in [-0.2, 0) is 13.1 Å². The van der Waals surface area contributed by atoms with E-state index in [4.69, 9.17) is 4.74 Å². The van der Waals surface area contributed by atoms with Crippen molar-refractivity contribution in [2.75, 3.05) is 13.7 Å². The molecule has 3 nitrogen and oxygen atoms in total. The second kappa shape index (κ2) is 5.65.